The molecule has 1 amide bonds. The van der Waals surface area contributed by atoms with Crippen LogP contribution in [0.2, 0.25) is 0 Å². The highest BCUT2D eigenvalue weighted by atomic mass is 16.2. The smallest absolute Gasteiger partial charge is 0.238 e. The number of amides is 1. The van der Waals surface area contributed by atoms with E-state index < -0.39 is 0 Å². The molecule has 11 nitrogen and oxygen atoms in total. The number of H-pyrrole nitrogens is 2. The van der Waals surface area contributed by atoms with Gasteiger partial charge in [-0.05, 0) is 38.4 Å². The van der Waals surface area contributed by atoms with E-state index in [4.69, 9.17) is 4.98 Å². The zero-order chi connectivity index (χ0) is 25.4. The fourth-order valence-corrected chi connectivity index (χ4v) is 4.18. The van der Waals surface area contributed by atoms with Crippen LogP contribution in [0, 0.1) is 0 Å². The highest BCUT2D eigenvalue weighted by molar-refractivity contribution is 5.96. The molecule has 0 atom stereocenters. The summed E-state index contributed by atoms with van der Waals surface area (Å²) in [7, 11) is 3.69. The van der Waals surface area contributed by atoms with E-state index in [-0.39, 0.29) is 12.5 Å². The highest BCUT2D eigenvalue weighted by Gasteiger charge is 2.17. The van der Waals surface area contributed by atoms with Gasteiger partial charge in [0, 0.05) is 53.2 Å². The fourth-order valence-electron chi connectivity index (χ4n) is 4.18. The molecule has 0 spiro atoms. The number of nitrogens with one attached hydrogen (secondary N) is 3. The number of aromatic nitrogens is 8. The van der Waals surface area contributed by atoms with E-state index in [1.807, 2.05) is 50.6 Å². The molecule has 0 unspecified atom stereocenters. The second kappa shape index (κ2) is 9.21. The summed E-state index contributed by atoms with van der Waals surface area (Å²) in [4.78, 5) is 39.6. The molecule has 6 heterocycles. The molecule has 0 aliphatic carbocycles. The van der Waals surface area contributed by atoms with Crippen molar-refractivity contribution in [3.63, 3.8) is 0 Å². The number of imidazole rings is 1. The van der Waals surface area contributed by atoms with Gasteiger partial charge in [-0.3, -0.25) is 19.9 Å². The highest BCUT2D eigenvalue weighted by Crippen LogP contribution is 2.31. The normalized spacial score (nSPS) is 11.4. The molecule has 6 aromatic rings. The lowest BCUT2D eigenvalue weighted by Gasteiger charge is -2.10. The van der Waals surface area contributed by atoms with Crippen molar-refractivity contribution in [3.8, 4) is 33.8 Å². The molecule has 0 saturated heterocycles. The molecule has 6 aromatic heterocycles. The van der Waals surface area contributed by atoms with Gasteiger partial charge in [0.1, 0.15) is 5.69 Å². The molecule has 0 aromatic carbocycles. The monoisotopic (exact) mass is 490 g/mol. The lowest BCUT2D eigenvalue weighted by molar-refractivity contribution is -0.116. The van der Waals surface area contributed by atoms with Crippen molar-refractivity contribution in [1.82, 2.24) is 45.0 Å². The van der Waals surface area contributed by atoms with Gasteiger partial charge in [-0.25, -0.2) is 15.0 Å². The SMILES string of the molecule is CN(C)CC(=O)Nc1cncc(-c2cnc3n[nH]c(-c4nc5nccc(-c6cccnc6)c5[nH]4)c3c2)c1. The Morgan fingerprint density at radius 1 is 0.946 bits per heavy atom. The van der Waals surface area contributed by atoms with E-state index in [0.29, 0.717) is 28.5 Å². The fraction of sp³-hybridized carbons (Fsp3) is 0.115. The van der Waals surface area contributed by atoms with Crippen LogP contribution in [0.15, 0.2) is 67.5 Å². The van der Waals surface area contributed by atoms with Crippen LogP contribution in [0.25, 0.3) is 56.0 Å². The summed E-state index contributed by atoms with van der Waals surface area (Å²) < 4.78 is 0. The Morgan fingerprint density at radius 3 is 2.65 bits per heavy atom. The third-order valence-electron chi connectivity index (χ3n) is 5.83. The van der Waals surface area contributed by atoms with Crippen LogP contribution in [0.4, 0.5) is 5.69 Å². The van der Waals surface area contributed by atoms with Crippen LogP contribution in [0.3, 0.4) is 0 Å². The number of likely N-dealkylation sites (N-methyl/N-ethyl adjacent to an activating group) is 1. The van der Waals surface area contributed by atoms with E-state index >= 15 is 0 Å². The van der Waals surface area contributed by atoms with E-state index in [2.05, 4.69) is 40.4 Å². The molecule has 6 rings (SSSR count). The summed E-state index contributed by atoms with van der Waals surface area (Å²) in [5, 5.41) is 11.1. The standard InChI is InChI=1S/C26H22N10O/c1-36(2)14-21(37)31-18-8-16(11-28-13-18)17-9-20-23(34-35-24(20)30-12-17)26-32-22-19(5-7-29-25(22)33-26)15-4-3-6-27-10-15/h3-13H,14H2,1-2H3,(H,31,37)(H,29,32,33)(H,30,34,35). The van der Waals surface area contributed by atoms with Crippen molar-refractivity contribution in [2.75, 3.05) is 26.0 Å². The number of rotatable bonds is 6. The zero-order valence-electron chi connectivity index (χ0n) is 20.1. The maximum atomic E-state index is 12.2. The molecule has 0 fully saturated rings. The summed E-state index contributed by atoms with van der Waals surface area (Å²) in [5.41, 5.74) is 6.84. The first-order valence-electron chi connectivity index (χ1n) is 11.5. The molecule has 0 saturated carbocycles. The third kappa shape index (κ3) is 4.39. The largest absolute Gasteiger partial charge is 0.335 e. The van der Waals surface area contributed by atoms with E-state index in [9.17, 15) is 4.79 Å². The molecule has 0 aliphatic heterocycles. The molecule has 0 radical (unpaired) electrons. The first-order valence-corrected chi connectivity index (χ1v) is 11.5. The minimum atomic E-state index is -0.112. The average molecular weight is 491 g/mol. The number of pyridine rings is 4. The minimum absolute atomic E-state index is 0.112. The van der Waals surface area contributed by atoms with Gasteiger partial charge >= 0.3 is 0 Å². The minimum Gasteiger partial charge on any atom is -0.335 e. The van der Waals surface area contributed by atoms with Gasteiger partial charge in [-0.1, -0.05) is 6.07 Å². The number of carbonyl (C=O) groups is 1. The van der Waals surface area contributed by atoms with Crippen molar-refractivity contribution in [3.05, 3.63) is 67.5 Å². The molecule has 182 valence electrons. The van der Waals surface area contributed by atoms with Crippen molar-refractivity contribution in [2.45, 2.75) is 0 Å². The summed E-state index contributed by atoms with van der Waals surface area (Å²) >= 11 is 0. The average Bonchev–Trinajstić information content (AvgIpc) is 3.52. The Labute approximate surface area is 211 Å². The van der Waals surface area contributed by atoms with Gasteiger partial charge in [0.25, 0.3) is 0 Å². The number of hydrogen-bond donors (Lipinski definition) is 3. The number of fused-ring (bicyclic) bond motifs is 2. The van der Waals surface area contributed by atoms with Crippen LogP contribution < -0.4 is 5.32 Å². The molecule has 0 bridgehead atoms. The van der Waals surface area contributed by atoms with Crippen molar-refractivity contribution < 1.29 is 4.79 Å². The number of carbonyl (C=O) groups excluding carboxylic acids is 1. The number of anilines is 1. The Kier molecular flexibility index (Phi) is 5.58. The predicted molar refractivity (Wildman–Crippen MR) is 140 cm³/mol. The quantitative estimate of drug-likeness (QED) is 0.322. The van der Waals surface area contributed by atoms with Crippen molar-refractivity contribution in [1.29, 1.82) is 0 Å². The summed E-state index contributed by atoms with van der Waals surface area (Å²) in [6.45, 7) is 0.283. The van der Waals surface area contributed by atoms with Gasteiger partial charge in [-0.15, -0.1) is 0 Å². The lowest BCUT2D eigenvalue weighted by atomic mass is 10.1. The first kappa shape index (κ1) is 22.4. The van der Waals surface area contributed by atoms with Gasteiger partial charge in [0.2, 0.25) is 5.91 Å². The van der Waals surface area contributed by atoms with E-state index in [0.717, 1.165) is 33.2 Å². The molecule has 37 heavy (non-hydrogen) atoms. The Morgan fingerprint density at radius 2 is 1.81 bits per heavy atom. The number of hydrogen-bond acceptors (Lipinski definition) is 8. The number of nitrogens with zero attached hydrogens (tertiary/aromatic N) is 7. The van der Waals surface area contributed by atoms with Crippen molar-refractivity contribution in [2.24, 2.45) is 0 Å². The third-order valence-corrected chi connectivity index (χ3v) is 5.83. The van der Waals surface area contributed by atoms with Gasteiger partial charge in [0.15, 0.2) is 17.1 Å². The van der Waals surface area contributed by atoms with Crippen LogP contribution in [-0.2, 0) is 4.79 Å². The Bertz CT molecular complexity index is 1740. The lowest BCUT2D eigenvalue weighted by Crippen LogP contribution is -2.27. The van der Waals surface area contributed by atoms with E-state index in [1.165, 1.54) is 0 Å². The Hall–Kier alpha value is -5.03. The molecular formula is C26H22N10O. The second-order valence-corrected chi connectivity index (χ2v) is 8.83. The van der Waals surface area contributed by atoms with Crippen LogP contribution in [-0.4, -0.2) is 71.5 Å². The van der Waals surface area contributed by atoms with Gasteiger partial charge in [0.05, 0.1) is 29.3 Å². The molecular weight excluding hydrogens is 468 g/mol. The predicted octanol–water partition coefficient (Wildman–Crippen LogP) is 3.52. The van der Waals surface area contributed by atoms with Crippen LogP contribution in [0.1, 0.15) is 0 Å². The topological polar surface area (TPSA) is 141 Å². The molecule has 3 N–H and O–H groups in total. The first-order chi connectivity index (χ1) is 18.0. The van der Waals surface area contributed by atoms with Crippen LogP contribution >= 0.6 is 0 Å². The molecule has 11 heteroatoms. The summed E-state index contributed by atoms with van der Waals surface area (Å²) in [5.74, 6) is 0.488. The second-order valence-electron chi connectivity index (χ2n) is 8.83. The number of aromatic amines is 2. The summed E-state index contributed by atoms with van der Waals surface area (Å²) in [6.07, 6.45) is 10.4. The maximum Gasteiger partial charge on any atom is 0.238 e. The van der Waals surface area contributed by atoms with E-state index in [1.54, 1.807) is 35.9 Å². The maximum absolute atomic E-state index is 12.2. The molecule has 0 aliphatic rings. The van der Waals surface area contributed by atoms with Gasteiger partial charge in [-0.2, -0.15) is 5.10 Å². The zero-order valence-corrected chi connectivity index (χ0v) is 20.1. The van der Waals surface area contributed by atoms with Crippen LogP contribution in [0.5, 0.6) is 0 Å². The van der Waals surface area contributed by atoms with Crippen molar-refractivity contribution >= 4 is 33.8 Å². The summed E-state index contributed by atoms with van der Waals surface area (Å²) in [6, 6.07) is 9.67. The van der Waals surface area contributed by atoms with Gasteiger partial charge < -0.3 is 15.2 Å². The Balaban J connectivity index is 1.38.